The first-order chi connectivity index (χ1) is 9.03. The summed E-state index contributed by atoms with van der Waals surface area (Å²) in [5.74, 6) is 1.08. The van der Waals surface area contributed by atoms with Crippen LogP contribution in [0.4, 0.5) is 0 Å². The predicted octanol–water partition coefficient (Wildman–Crippen LogP) is 1.52. The lowest BCUT2D eigenvalue weighted by Gasteiger charge is -2.13. The molecule has 19 heavy (non-hydrogen) atoms. The third-order valence-electron chi connectivity index (χ3n) is 2.87. The summed E-state index contributed by atoms with van der Waals surface area (Å²) < 4.78 is 31.5. The van der Waals surface area contributed by atoms with E-state index in [4.69, 9.17) is 4.42 Å². The summed E-state index contributed by atoms with van der Waals surface area (Å²) in [4.78, 5) is 0. The van der Waals surface area contributed by atoms with Crippen molar-refractivity contribution in [2.75, 3.05) is 19.3 Å². The number of hydrogen-bond acceptors (Lipinski definition) is 4. The third-order valence-corrected chi connectivity index (χ3v) is 4.46. The molecule has 0 spiro atoms. The van der Waals surface area contributed by atoms with Crippen molar-refractivity contribution in [1.82, 2.24) is 10.0 Å². The molecule has 5 nitrogen and oxygen atoms in total. The molecule has 0 aliphatic rings. The first-order valence-corrected chi connectivity index (χ1v) is 8.35. The van der Waals surface area contributed by atoms with Crippen LogP contribution >= 0.6 is 0 Å². The molecule has 2 N–H and O–H groups in total. The Bertz CT molecular complexity index is 429. The quantitative estimate of drug-likeness (QED) is 0.640. The normalized spacial score (nSPS) is 13.6. The van der Waals surface area contributed by atoms with E-state index in [1.165, 1.54) is 0 Å². The molecule has 110 valence electrons. The van der Waals surface area contributed by atoms with Crippen LogP contribution in [-0.2, 0) is 16.4 Å². The minimum absolute atomic E-state index is 0.0700. The van der Waals surface area contributed by atoms with Crippen LogP contribution < -0.4 is 10.0 Å². The molecule has 0 saturated carbocycles. The summed E-state index contributed by atoms with van der Waals surface area (Å²) in [7, 11) is -1.30. The molecular weight excluding hydrogens is 264 g/mol. The molecule has 1 aromatic rings. The van der Waals surface area contributed by atoms with Crippen molar-refractivity contribution in [2.45, 2.75) is 38.6 Å². The van der Waals surface area contributed by atoms with Crippen LogP contribution in [0.3, 0.4) is 0 Å². The second-order valence-electron chi connectivity index (χ2n) is 4.77. The molecule has 0 radical (unpaired) electrons. The monoisotopic (exact) mass is 288 g/mol. The fraction of sp³-hybridized carbons (Fsp3) is 0.692. The van der Waals surface area contributed by atoms with Crippen molar-refractivity contribution >= 4 is 10.0 Å². The van der Waals surface area contributed by atoms with Crippen LogP contribution in [0, 0.1) is 0 Å². The number of furan rings is 1. The SMILES string of the molecule is CNCCCCS(=O)(=O)NC(C)CCc1ccco1. The van der Waals surface area contributed by atoms with Gasteiger partial charge in [-0.2, -0.15) is 0 Å². The summed E-state index contributed by atoms with van der Waals surface area (Å²) in [6, 6.07) is 3.67. The number of aryl methyl sites for hydroxylation is 1. The highest BCUT2D eigenvalue weighted by Crippen LogP contribution is 2.06. The second-order valence-corrected chi connectivity index (χ2v) is 6.64. The summed E-state index contributed by atoms with van der Waals surface area (Å²) in [5.41, 5.74) is 0. The van der Waals surface area contributed by atoms with Gasteiger partial charge in [0.1, 0.15) is 5.76 Å². The Hall–Kier alpha value is -0.850. The van der Waals surface area contributed by atoms with Crippen molar-refractivity contribution in [1.29, 1.82) is 0 Å². The molecular formula is C13H24N2O3S. The molecule has 0 saturated heterocycles. The van der Waals surface area contributed by atoms with Crippen LogP contribution in [0.25, 0.3) is 0 Å². The topological polar surface area (TPSA) is 71.3 Å². The number of unbranched alkanes of at least 4 members (excludes halogenated alkanes) is 1. The molecule has 0 bridgehead atoms. The molecule has 0 aliphatic carbocycles. The maximum absolute atomic E-state index is 11.8. The highest BCUT2D eigenvalue weighted by molar-refractivity contribution is 7.89. The van der Waals surface area contributed by atoms with Crippen LogP contribution in [0.15, 0.2) is 22.8 Å². The lowest BCUT2D eigenvalue weighted by Crippen LogP contribution is -2.34. The second kappa shape index (κ2) is 8.35. The van der Waals surface area contributed by atoms with E-state index in [1.807, 2.05) is 26.1 Å². The van der Waals surface area contributed by atoms with E-state index in [2.05, 4.69) is 10.0 Å². The van der Waals surface area contributed by atoms with E-state index in [0.29, 0.717) is 6.42 Å². The average molecular weight is 288 g/mol. The number of nitrogens with one attached hydrogen (secondary N) is 2. The lowest BCUT2D eigenvalue weighted by molar-refractivity contribution is 0.479. The third kappa shape index (κ3) is 7.34. The lowest BCUT2D eigenvalue weighted by atomic mass is 10.2. The molecule has 0 amide bonds. The van der Waals surface area contributed by atoms with Crippen molar-refractivity contribution < 1.29 is 12.8 Å². The van der Waals surface area contributed by atoms with Crippen molar-refractivity contribution in [2.24, 2.45) is 0 Å². The van der Waals surface area contributed by atoms with E-state index in [0.717, 1.165) is 31.6 Å². The molecule has 1 atom stereocenters. The van der Waals surface area contributed by atoms with Gasteiger partial charge in [-0.1, -0.05) is 0 Å². The van der Waals surface area contributed by atoms with E-state index in [-0.39, 0.29) is 11.8 Å². The number of hydrogen-bond donors (Lipinski definition) is 2. The van der Waals surface area contributed by atoms with Gasteiger partial charge in [0.25, 0.3) is 0 Å². The van der Waals surface area contributed by atoms with E-state index in [9.17, 15) is 8.42 Å². The van der Waals surface area contributed by atoms with Gasteiger partial charge in [-0.05, 0) is 51.9 Å². The summed E-state index contributed by atoms with van der Waals surface area (Å²) in [6.07, 6.45) is 4.67. The molecule has 0 aliphatic heterocycles. The Morgan fingerprint density at radius 3 is 2.79 bits per heavy atom. The minimum Gasteiger partial charge on any atom is -0.469 e. The van der Waals surface area contributed by atoms with Gasteiger partial charge in [-0.3, -0.25) is 0 Å². The van der Waals surface area contributed by atoms with Crippen LogP contribution in [0.5, 0.6) is 0 Å². The Balaban J connectivity index is 2.23. The van der Waals surface area contributed by atoms with Crippen molar-refractivity contribution in [3.63, 3.8) is 0 Å². The zero-order chi connectivity index (χ0) is 14.1. The van der Waals surface area contributed by atoms with Crippen molar-refractivity contribution in [3.8, 4) is 0 Å². The van der Waals surface area contributed by atoms with Gasteiger partial charge < -0.3 is 9.73 Å². The minimum atomic E-state index is -3.16. The zero-order valence-corrected chi connectivity index (χ0v) is 12.5. The molecule has 1 heterocycles. The first kappa shape index (κ1) is 16.2. The van der Waals surface area contributed by atoms with Gasteiger partial charge in [-0.25, -0.2) is 13.1 Å². The van der Waals surface area contributed by atoms with Gasteiger partial charge in [0, 0.05) is 12.5 Å². The number of rotatable bonds is 10. The molecule has 1 unspecified atom stereocenters. The largest absolute Gasteiger partial charge is 0.469 e. The molecule has 1 rings (SSSR count). The standard InChI is InChI=1S/C13H24N2O3S/c1-12(7-8-13-6-5-10-18-13)15-19(16,17)11-4-3-9-14-2/h5-6,10,12,14-15H,3-4,7-9,11H2,1-2H3. The maximum atomic E-state index is 11.8. The summed E-state index contributed by atoms with van der Waals surface area (Å²) in [6.45, 7) is 2.73. The van der Waals surface area contributed by atoms with Gasteiger partial charge in [0.05, 0.1) is 12.0 Å². The van der Waals surface area contributed by atoms with Crippen LogP contribution in [-0.4, -0.2) is 33.8 Å². The van der Waals surface area contributed by atoms with Gasteiger partial charge in [-0.15, -0.1) is 0 Å². The summed E-state index contributed by atoms with van der Waals surface area (Å²) >= 11 is 0. The predicted molar refractivity (Wildman–Crippen MR) is 76.6 cm³/mol. The Labute approximate surface area is 115 Å². The fourth-order valence-corrected chi connectivity index (χ4v) is 3.26. The van der Waals surface area contributed by atoms with E-state index >= 15 is 0 Å². The average Bonchev–Trinajstić information content (AvgIpc) is 2.85. The smallest absolute Gasteiger partial charge is 0.211 e. The number of sulfonamides is 1. The first-order valence-electron chi connectivity index (χ1n) is 6.70. The zero-order valence-electron chi connectivity index (χ0n) is 11.7. The van der Waals surface area contributed by atoms with Crippen molar-refractivity contribution in [3.05, 3.63) is 24.2 Å². The van der Waals surface area contributed by atoms with Gasteiger partial charge in [0.15, 0.2) is 0 Å². The molecule has 6 heteroatoms. The maximum Gasteiger partial charge on any atom is 0.211 e. The van der Waals surface area contributed by atoms with Gasteiger partial charge in [0.2, 0.25) is 10.0 Å². The van der Waals surface area contributed by atoms with Crippen LogP contribution in [0.2, 0.25) is 0 Å². The Morgan fingerprint density at radius 1 is 1.37 bits per heavy atom. The molecule has 1 aromatic heterocycles. The highest BCUT2D eigenvalue weighted by atomic mass is 32.2. The Morgan fingerprint density at radius 2 is 2.16 bits per heavy atom. The fourth-order valence-electron chi connectivity index (χ4n) is 1.83. The van der Waals surface area contributed by atoms with Gasteiger partial charge >= 0.3 is 0 Å². The van der Waals surface area contributed by atoms with Crippen LogP contribution in [0.1, 0.15) is 31.9 Å². The Kier molecular flexibility index (Phi) is 7.12. The highest BCUT2D eigenvalue weighted by Gasteiger charge is 2.14. The molecule has 0 aromatic carbocycles. The molecule has 0 fully saturated rings. The van der Waals surface area contributed by atoms with E-state index < -0.39 is 10.0 Å². The van der Waals surface area contributed by atoms with E-state index in [1.54, 1.807) is 6.26 Å². The summed E-state index contributed by atoms with van der Waals surface area (Å²) in [5, 5.41) is 3.00.